The molecule has 0 aromatic rings. The van der Waals surface area contributed by atoms with E-state index in [4.69, 9.17) is 19.8 Å². The molecule has 0 unspecified atom stereocenters. The minimum Gasteiger partial charge on any atom is -0.543 e. The summed E-state index contributed by atoms with van der Waals surface area (Å²) in [6.45, 7) is 3.42. The molecule has 1 radical (unpaired) electrons. The third-order valence-electron chi connectivity index (χ3n) is 4.27. The minimum absolute atomic E-state index is 0. The Morgan fingerprint density at radius 2 is 0.808 bits per heavy atom. The number of rotatable bonds is 16. The van der Waals surface area contributed by atoms with Gasteiger partial charge in [0.2, 0.25) is 0 Å². The molecular formula is C20H40NO4Ti. The van der Waals surface area contributed by atoms with E-state index < -0.39 is 11.9 Å². The van der Waals surface area contributed by atoms with Crippen LogP contribution in [0, 0.1) is 0 Å². The van der Waals surface area contributed by atoms with Crippen molar-refractivity contribution in [3.63, 3.8) is 0 Å². The normalized spacial score (nSPS) is 9.77. The maximum atomic E-state index is 8.93. The number of aliphatic carboxylic acids is 2. The van der Waals surface area contributed by atoms with Crippen LogP contribution >= 0.6 is 0 Å². The van der Waals surface area contributed by atoms with Gasteiger partial charge in [0.25, 0.3) is 0 Å². The molecule has 0 spiro atoms. The second-order valence-corrected chi connectivity index (χ2v) is 6.73. The maximum absolute atomic E-state index is 8.93. The number of hydrogen-bond donors (Lipinski definition) is 1. The topological polar surface area (TPSA) is 108 Å². The van der Waals surface area contributed by atoms with Crippen LogP contribution in [0.5, 0.6) is 0 Å². The summed E-state index contributed by atoms with van der Waals surface area (Å²) in [5, 5.41) is 17.9. The zero-order valence-corrected chi connectivity index (χ0v) is 18.4. The molecule has 0 heterocycles. The van der Waals surface area contributed by atoms with Gasteiger partial charge < -0.3 is 25.5 Å². The van der Waals surface area contributed by atoms with E-state index in [0.29, 0.717) is 0 Å². The van der Waals surface area contributed by atoms with Crippen LogP contribution in [0.3, 0.4) is 0 Å². The van der Waals surface area contributed by atoms with Gasteiger partial charge in [0.1, 0.15) is 0 Å². The number of carboxylic acids is 2. The fourth-order valence-corrected chi connectivity index (χ4v) is 2.72. The molecule has 153 valence electrons. The SMILES string of the molecule is CCCCCCCCCCCCCCCCCC[NH3+].O=C([O-])C(=O)[O-].[Ti+]. The monoisotopic (exact) mass is 406 g/mol. The van der Waals surface area contributed by atoms with Crippen molar-refractivity contribution >= 4 is 11.9 Å². The molecule has 0 amide bonds. The Bertz CT molecular complexity index is 274. The summed E-state index contributed by atoms with van der Waals surface area (Å²) in [5.74, 6) is -4.37. The zero-order chi connectivity index (χ0) is 19.2. The molecule has 0 aromatic carbocycles. The summed E-state index contributed by atoms with van der Waals surface area (Å²) in [6, 6.07) is 0. The van der Waals surface area contributed by atoms with Crippen molar-refractivity contribution in [1.82, 2.24) is 0 Å². The molecule has 0 saturated carbocycles. The zero-order valence-electron chi connectivity index (χ0n) is 16.9. The number of carboxylic acid groups (broad SMARTS) is 2. The van der Waals surface area contributed by atoms with Gasteiger partial charge in [-0.25, -0.2) is 0 Å². The molecule has 0 aromatic heterocycles. The molecule has 5 nitrogen and oxygen atoms in total. The fourth-order valence-electron chi connectivity index (χ4n) is 2.72. The quantitative estimate of drug-likeness (QED) is 0.240. The number of carbonyl (C=O) groups is 2. The van der Waals surface area contributed by atoms with E-state index in [2.05, 4.69) is 12.7 Å². The molecule has 0 atom stereocenters. The Hall–Kier alpha value is -0.386. The molecule has 0 aliphatic heterocycles. The Kier molecular flexibility index (Phi) is 31.3. The van der Waals surface area contributed by atoms with Gasteiger partial charge in [0.15, 0.2) is 0 Å². The van der Waals surface area contributed by atoms with Crippen molar-refractivity contribution in [2.75, 3.05) is 6.54 Å². The second kappa shape index (κ2) is 26.8. The van der Waals surface area contributed by atoms with E-state index in [1.165, 1.54) is 103 Å². The Balaban J connectivity index is -0.000000649. The van der Waals surface area contributed by atoms with Gasteiger partial charge >= 0.3 is 21.7 Å². The van der Waals surface area contributed by atoms with Gasteiger partial charge in [-0.05, 0) is 12.8 Å². The first-order valence-electron chi connectivity index (χ1n) is 10.3. The molecule has 0 fully saturated rings. The summed E-state index contributed by atoms with van der Waals surface area (Å²) >= 11 is 0. The van der Waals surface area contributed by atoms with Crippen LogP contribution in [0.1, 0.15) is 110 Å². The summed E-state index contributed by atoms with van der Waals surface area (Å²) in [6.07, 6.45) is 23.2. The van der Waals surface area contributed by atoms with E-state index in [1.807, 2.05) is 0 Å². The molecule has 6 heteroatoms. The number of quaternary nitrogens is 1. The minimum atomic E-state index is -2.19. The first kappa shape index (κ1) is 30.3. The second-order valence-electron chi connectivity index (χ2n) is 6.73. The Morgan fingerprint density at radius 1 is 0.577 bits per heavy atom. The predicted octanol–water partition coefficient (Wildman–Crippen LogP) is 1.97. The van der Waals surface area contributed by atoms with Gasteiger partial charge in [-0.2, -0.15) is 0 Å². The maximum Gasteiger partial charge on any atom is 1.00 e. The third-order valence-corrected chi connectivity index (χ3v) is 4.27. The van der Waals surface area contributed by atoms with Crippen LogP contribution in [-0.2, 0) is 31.3 Å². The average molecular weight is 406 g/mol. The number of carbonyl (C=O) groups excluding carboxylic acids is 2. The molecule has 0 aliphatic carbocycles. The van der Waals surface area contributed by atoms with Crippen molar-refractivity contribution < 1.29 is 47.3 Å². The van der Waals surface area contributed by atoms with Crippen molar-refractivity contribution in [1.29, 1.82) is 0 Å². The summed E-state index contributed by atoms with van der Waals surface area (Å²) in [5.41, 5.74) is 3.89. The molecule has 3 N–H and O–H groups in total. The van der Waals surface area contributed by atoms with Crippen LogP contribution in [0.2, 0.25) is 0 Å². The largest absolute Gasteiger partial charge is 1.00 e. The van der Waals surface area contributed by atoms with Crippen molar-refractivity contribution in [3.8, 4) is 0 Å². The molecule has 26 heavy (non-hydrogen) atoms. The Morgan fingerprint density at radius 3 is 1.00 bits per heavy atom. The number of hydrogen-bond acceptors (Lipinski definition) is 4. The standard InChI is InChI=1S/C18H39N.C2H2O4.Ti/c1-2-3-4-5-6-7-8-9-10-11-12-13-14-15-16-17-18-19;3-1(4)2(5)6;/h2-19H2,1H3;(H,3,4)(H,5,6);/q;;+1/p-1. The smallest absolute Gasteiger partial charge is 0.543 e. The number of unbranched alkanes of at least 4 members (excludes halogenated alkanes) is 15. The van der Waals surface area contributed by atoms with Crippen molar-refractivity contribution in [2.24, 2.45) is 0 Å². The van der Waals surface area contributed by atoms with Gasteiger partial charge in [0, 0.05) is 0 Å². The van der Waals surface area contributed by atoms with Crippen LogP contribution in [0.15, 0.2) is 0 Å². The van der Waals surface area contributed by atoms with Crippen molar-refractivity contribution in [3.05, 3.63) is 0 Å². The fraction of sp³-hybridized carbons (Fsp3) is 0.900. The van der Waals surface area contributed by atoms with E-state index >= 15 is 0 Å². The Labute approximate surface area is 175 Å². The molecule has 0 aliphatic rings. The molecule has 0 bridgehead atoms. The van der Waals surface area contributed by atoms with Crippen LogP contribution in [-0.4, -0.2) is 18.5 Å². The summed E-state index contributed by atoms with van der Waals surface area (Å²) in [4.78, 5) is 17.9. The van der Waals surface area contributed by atoms with Crippen LogP contribution in [0.25, 0.3) is 0 Å². The van der Waals surface area contributed by atoms with Gasteiger partial charge in [0.05, 0.1) is 18.5 Å². The predicted molar refractivity (Wildman–Crippen MR) is 97.3 cm³/mol. The average Bonchev–Trinajstić information content (AvgIpc) is 2.59. The molecule has 0 saturated heterocycles. The molecular weight excluding hydrogens is 366 g/mol. The van der Waals surface area contributed by atoms with E-state index in [-0.39, 0.29) is 21.7 Å². The van der Waals surface area contributed by atoms with E-state index in [1.54, 1.807) is 0 Å². The van der Waals surface area contributed by atoms with Gasteiger partial charge in [-0.3, -0.25) is 0 Å². The van der Waals surface area contributed by atoms with Crippen LogP contribution < -0.4 is 15.9 Å². The summed E-state index contributed by atoms with van der Waals surface area (Å²) < 4.78 is 0. The van der Waals surface area contributed by atoms with Gasteiger partial charge in [-0.15, -0.1) is 0 Å². The van der Waals surface area contributed by atoms with E-state index in [9.17, 15) is 0 Å². The van der Waals surface area contributed by atoms with E-state index in [0.717, 1.165) is 6.54 Å². The van der Waals surface area contributed by atoms with Crippen LogP contribution in [0.4, 0.5) is 0 Å². The first-order valence-corrected chi connectivity index (χ1v) is 10.3. The summed E-state index contributed by atoms with van der Waals surface area (Å²) in [7, 11) is 0. The van der Waals surface area contributed by atoms with Crippen molar-refractivity contribution in [2.45, 2.75) is 110 Å². The van der Waals surface area contributed by atoms with Gasteiger partial charge in [-0.1, -0.05) is 96.8 Å². The third kappa shape index (κ3) is 31.4. The molecule has 0 rings (SSSR count). The first-order chi connectivity index (χ1) is 12.1.